The van der Waals surface area contributed by atoms with Crippen molar-refractivity contribution in [1.29, 1.82) is 0 Å². The molecule has 0 aromatic carbocycles. The summed E-state index contributed by atoms with van der Waals surface area (Å²) in [5.41, 5.74) is 2.53. The molecule has 0 fully saturated rings. The Labute approximate surface area is 181 Å². The van der Waals surface area contributed by atoms with Crippen LogP contribution in [0.25, 0.3) is 0 Å². The summed E-state index contributed by atoms with van der Waals surface area (Å²) in [7, 11) is 3.40. The first-order chi connectivity index (χ1) is 12.9. The molecule has 0 spiro atoms. The molecule has 8 heteroatoms. The van der Waals surface area contributed by atoms with Crippen molar-refractivity contribution in [3.05, 3.63) is 21.9 Å². The Morgan fingerprint density at radius 2 is 1.04 bits per heavy atom. The van der Waals surface area contributed by atoms with E-state index in [1.54, 1.807) is 0 Å². The molecule has 0 aliphatic carbocycles. The predicted octanol–water partition coefficient (Wildman–Crippen LogP) is 5.05. The van der Waals surface area contributed by atoms with E-state index < -0.39 is 8.07 Å². The van der Waals surface area contributed by atoms with Gasteiger partial charge in [-0.1, -0.05) is 0 Å². The van der Waals surface area contributed by atoms with Gasteiger partial charge in [0, 0.05) is 50.7 Å². The van der Waals surface area contributed by atoms with Gasteiger partial charge < -0.3 is 18.3 Å². The summed E-state index contributed by atoms with van der Waals surface area (Å²) in [4.78, 5) is 0. The summed E-state index contributed by atoms with van der Waals surface area (Å²) >= 11 is 11.5. The maximum atomic E-state index is 5.77. The topological polar surface area (TPSA) is 23.0 Å². The summed E-state index contributed by atoms with van der Waals surface area (Å²) in [5.74, 6) is 0. The van der Waals surface area contributed by atoms with E-state index in [1.807, 2.05) is 0 Å². The van der Waals surface area contributed by atoms with Crippen LogP contribution in [0.2, 0.25) is 0 Å². The lowest BCUT2D eigenvalue weighted by molar-refractivity contribution is 0.326. The van der Waals surface area contributed by atoms with Gasteiger partial charge >= 0.3 is 0 Å². The molecular weight excluding hydrogens is 405 g/mol. The predicted molar refractivity (Wildman–Crippen MR) is 128 cm³/mol. The largest absolute Gasteiger partial charge is 0.321 e. The molecule has 0 aliphatic heterocycles. The van der Waals surface area contributed by atoms with Crippen LogP contribution in [0.5, 0.6) is 0 Å². The van der Waals surface area contributed by atoms with Gasteiger partial charge in [-0.2, -0.15) is 0 Å². The fourth-order valence-electron chi connectivity index (χ4n) is 3.62. The normalized spacial score (nSPS) is 12.7. The number of aromatic nitrogens is 4. The number of hydrogen-bond donors (Lipinski definition) is 0. The van der Waals surface area contributed by atoms with E-state index in [0.717, 1.165) is 9.54 Å². The van der Waals surface area contributed by atoms with Gasteiger partial charge in [-0.15, -0.1) is 0 Å². The SMILES string of the molecule is CC(C)N(C(C)C)P(c1cn(C(C)C)c(=S)n1C)c1cn(C(C)C)c(=S)n1C. The second-order valence-corrected chi connectivity index (χ2v) is 11.3. The molecule has 158 valence electrons. The first-order valence-electron chi connectivity index (χ1n) is 10.0. The number of rotatable bonds is 7. The molecule has 0 aliphatic rings. The molecule has 0 radical (unpaired) electrons. The van der Waals surface area contributed by atoms with Crippen LogP contribution >= 0.6 is 32.5 Å². The van der Waals surface area contributed by atoms with Crippen molar-refractivity contribution in [2.45, 2.75) is 79.6 Å². The van der Waals surface area contributed by atoms with Crippen LogP contribution in [0, 0.1) is 9.54 Å². The lowest BCUT2D eigenvalue weighted by Crippen LogP contribution is -2.41. The van der Waals surface area contributed by atoms with E-state index in [1.165, 1.54) is 10.9 Å². The van der Waals surface area contributed by atoms with Gasteiger partial charge in [0.15, 0.2) is 9.54 Å². The van der Waals surface area contributed by atoms with Crippen LogP contribution in [0.15, 0.2) is 12.4 Å². The van der Waals surface area contributed by atoms with Gasteiger partial charge in [-0.05, 0) is 79.8 Å². The van der Waals surface area contributed by atoms with Crippen LogP contribution in [0.3, 0.4) is 0 Å². The highest BCUT2D eigenvalue weighted by Crippen LogP contribution is 2.42. The highest BCUT2D eigenvalue weighted by Gasteiger charge is 2.33. The van der Waals surface area contributed by atoms with Gasteiger partial charge in [-0.3, -0.25) is 4.67 Å². The standard InChI is InChI=1S/C20H36N5PS2/c1-13(2)23-11-17(21(9)19(23)27)26(25(15(5)6)16(7)8)18-12-24(14(3)4)20(28)22(18)10/h11-16H,1-10H3. The Kier molecular flexibility index (Phi) is 7.52. The van der Waals surface area contributed by atoms with E-state index in [9.17, 15) is 0 Å². The van der Waals surface area contributed by atoms with Crippen molar-refractivity contribution in [3.63, 3.8) is 0 Å². The third kappa shape index (κ3) is 4.23. The van der Waals surface area contributed by atoms with E-state index in [4.69, 9.17) is 24.4 Å². The van der Waals surface area contributed by atoms with E-state index in [0.29, 0.717) is 24.2 Å². The van der Waals surface area contributed by atoms with Crippen LogP contribution in [-0.4, -0.2) is 35.0 Å². The molecule has 28 heavy (non-hydrogen) atoms. The smallest absolute Gasteiger partial charge is 0.180 e. The first-order valence-corrected chi connectivity index (χ1v) is 12.1. The quantitative estimate of drug-likeness (QED) is 0.443. The summed E-state index contributed by atoms with van der Waals surface area (Å²) in [6.45, 7) is 17.8. The minimum atomic E-state index is -0.791. The minimum absolute atomic E-state index is 0.333. The lowest BCUT2D eigenvalue weighted by Gasteiger charge is -2.38. The molecule has 5 nitrogen and oxygen atoms in total. The third-order valence-corrected chi connectivity index (χ3v) is 9.10. The summed E-state index contributed by atoms with van der Waals surface area (Å²) in [5, 5.41) is 0. The molecule has 0 saturated heterocycles. The number of hydrogen-bond acceptors (Lipinski definition) is 3. The highest BCUT2D eigenvalue weighted by atomic mass is 32.1. The Balaban J connectivity index is 2.84. The van der Waals surface area contributed by atoms with Gasteiger partial charge in [0.05, 0.1) is 18.9 Å². The zero-order valence-electron chi connectivity index (χ0n) is 19.0. The zero-order chi connectivity index (χ0) is 21.5. The van der Waals surface area contributed by atoms with Crippen LogP contribution in [0.1, 0.15) is 67.5 Å². The molecule has 0 amide bonds. The summed E-state index contributed by atoms with van der Waals surface area (Å²) in [6.07, 6.45) is 4.51. The molecule has 0 bridgehead atoms. The van der Waals surface area contributed by atoms with Crippen molar-refractivity contribution >= 4 is 43.4 Å². The minimum Gasteiger partial charge on any atom is -0.321 e. The highest BCUT2D eigenvalue weighted by molar-refractivity contribution is 7.72. The van der Waals surface area contributed by atoms with Gasteiger partial charge in [0.1, 0.15) is 0 Å². The summed E-state index contributed by atoms with van der Waals surface area (Å²) in [6, 6.07) is 1.47. The van der Waals surface area contributed by atoms with Crippen molar-refractivity contribution in [1.82, 2.24) is 22.9 Å². The fraction of sp³-hybridized carbons (Fsp3) is 0.700. The molecule has 2 heterocycles. The molecule has 0 saturated carbocycles. The third-order valence-electron chi connectivity index (χ3n) is 5.05. The van der Waals surface area contributed by atoms with E-state index >= 15 is 0 Å². The number of imidazole rings is 2. The molecule has 0 unspecified atom stereocenters. The zero-order valence-corrected chi connectivity index (χ0v) is 21.5. The van der Waals surface area contributed by atoms with Gasteiger partial charge in [0.25, 0.3) is 0 Å². The Hall–Kier alpha value is -0.750. The molecule has 0 N–H and O–H groups in total. The Morgan fingerprint density at radius 3 is 1.25 bits per heavy atom. The van der Waals surface area contributed by atoms with Crippen molar-refractivity contribution in [3.8, 4) is 0 Å². The Morgan fingerprint density at radius 1 is 0.714 bits per heavy atom. The van der Waals surface area contributed by atoms with Crippen molar-refractivity contribution in [2.75, 3.05) is 0 Å². The summed E-state index contributed by atoms with van der Waals surface area (Å²) < 4.78 is 13.1. The van der Waals surface area contributed by atoms with Crippen molar-refractivity contribution in [2.24, 2.45) is 14.1 Å². The van der Waals surface area contributed by atoms with Gasteiger partial charge in [0.2, 0.25) is 0 Å². The molecular formula is C20H36N5PS2. The average molecular weight is 442 g/mol. The molecule has 0 atom stereocenters. The average Bonchev–Trinajstić information content (AvgIpc) is 3.03. The van der Waals surface area contributed by atoms with Crippen molar-refractivity contribution < 1.29 is 0 Å². The second-order valence-electron chi connectivity index (χ2n) is 8.54. The molecule has 2 rings (SSSR count). The van der Waals surface area contributed by atoms with Crippen LogP contribution in [-0.2, 0) is 14.1 Å². The fourth-order valence-corrected chi connectivity index (χ4v) is 7.34. The molecule has 2 aromatic heterocycles. The van der Waals surface area contributed by atoms with Crippen LogP contribution in [0.4, 0.5) is 0 Å². The van der Waals surface area contributed by atoms with E-state index in [2.05, 4.69) is 105 Å². The maximum Gasteiger partial charge on any atom is 0.180 e. The van der Waals surface area contributed by atoms with E-state index in [-0.39, 0.29) is 0 Å². The first kappa shape index (κ1) is 23.5. The van der Waals surface area contributed by atoms with Gasteiger partial charge in [-0.25, -0.2) is 0 Å². The second kappa shape index (κ2) is 8.95. The monoisotopic (exact) mass is 441 g/mol. The van der Waals surface area contributed by atoms with Crippen LogP contribution < -0.4 is 10.9 Å². The maximum absolute atomic E-state index is 5.77. The Bertz CT molecular complexity index is 855. The lowest BCUT2D eigenvalue weighted by atomic mass is 10.3. The molecule has 2 aromatic rings. The number of nitrogens with zero attached hydrogens (tertiary/aromatic N) is 5.